The minimum atomic E-state index is -1.95. The van der Waals surface area contributed by atoms with Crippen molar-refractivity contribution < 1.29 is 24.5 Å². The zero-order valence-electron chi connectivity index (χ0n) is 12.5. The van der Waals surface area contributed by atoms with Crippen LogP contribution in [0.4, 0.5) is 0 Å². The maximum atomic E-state index is 12.1. The number of aliphatic hydroxyl groups is 2. The Labute approximate surface area is 123 Å². The molecule has 2 unspecified atom stereocenters. The lowest BCUT2D eigenvalue weighted by Crippen LogP contribution is -2.53. The summed E-state index contributed by atoms with van der Waals surface area (Å²) < 4.78 is 6.96. The van der Waals surface area contributed by atoms with Crippen molar-refractivity contribution in [1.29, 1.82) is 0 Å². The summed E-state index contributed by atoms with van der Waals surface area (Å²) in [4.78, 5) is 23.9. The van der Waals surface area contributed by atoms with E-state index in [0.29, 0.717) is 24.2 Å². The molecule has 1 aromatic heterocycles. The highest BCUT2D eigenvalue weighted by molar-refractivity contribution is 5.97. The van der Waals surface area contributed by atoms with Crippen LogP contribution in [0.2, 0.25) is 0 Å². The van der Waals surface area contributed by atoms with Gasteiger partial charge in [-0.15, -0.1) is 0 Å². The highest BCUT2D eigenvalue weighted by atomic mass is 16.6. The van der Waals surface area contributed by atoms with E-state index >= 15 is 0 Å². The van der Waals surface area contributed by atoms with Crippen molar-refractivity contribution in [2.24, 2.45) is 5.92 Å². The fourth-order valence-corrected chi connectivity index (χ4v) is 2.65. The van der Waals surface area contributed by atoms with Crippen molar-refractivity contribution in [2.45, 2.75) is 52.0 Å². The maximum Gasteiger partial charge on any atom is 0.341 e. The molecule has 116 valence electrons. The predicted octanol–water partition coefficient (Wildman–Crippen LogP) is 0.886. The van der Waals surface area contributed by atoms with Crippen LogP contribution >= 0.6 is 0 Å². The van der Waals surface area contributed by atoms with Gasteiger partial charge in [-0.3, -0.25) is 4.79 Å². The number of carbonyl (C=O) groups is 2. The number of aromatic nitrogens is 1. The van der Waals surface area contributed by atoms with Crippen LogP contribution in [0.3, 0.4) is 0 Å². The van der Waals surface area contributed by atoms with Crippen molar-refractivity contribution >= 4 is 11.8 Å². The molecule has 2 heterocycles. The lowest BCUT2D eigenvalue weighted by molar-refractivity contribution is -0.186. The molecule has 0 aromatic carbocycles. The fraction of sp³-hybridized carbons (Fsp3) is 0.600. The van der Waals surface area contributed by atoms with Crippen LogP contribution in [0.15, 0.2) is 12.3 Å². The van der Waals surface area contributed by atoms with Gasteiger partial charge in [-0.25, -0.2) is 4.79 Å². The second kappa shape index (κ2) is 5.61. The van der Waals surface area contributed by atoms with Gasteiger partial charge in [-0.2, -0.15) is 0 Å². The maximum absolute atomic E-state index is 12.1. The molecule has 0 spiro atoms. The van der Waals surface area contributed by atoms with Gasteiger partial charge in [0.2, 0.25) is 0 Å². The van der Waals surface area contributed by atoms with Crippen LogP contribution in [-0.2, 0) is 22.7 Å². The number of aryl methyl sites for hydroxylation is 1. The molecule has 2 atom stereocenters. The van der Waals surface area contributed by atoms with Gasteiger partial charge in [0.05, 0.1) is 11.8 Å². The minimum Gasteiger partial charge on any atom is -0.459 e. The van der Waals surface area contributed by atoms with Gasteiger partial charge < -0.3 is 19.5 Å². The van der Waals surface area contributed by atoms with Crippen LogP contribution in [0.5, 0.6) is 0 Å². The van der Waals surface area contributed by atoms with Crippen LogP contribution in [0.25, 0.3) is 0 Å². The summed E-state index contributed by atoms with van der Waals surface area (Å²) in [5.74, 6) is -1.34. The zero-order valence-corrected chi connectivity index (χ0v) is 12.5. The van der Waals surface area contributed by atoms with E-state index < -0.39 is 23.6 Å². The molecule has 2 rings (SSSR count). The molecule has 21 heavy (non-hydrogen) atoms. The quantitative estimate of drug-likeness (QED) is 0.787. The highest BCUT2D eigenvalue weighted by Gasteiger charge is 2.45. The molecular formula is C15H21NO5. The summed E-state index contributed by atoms with van der Waals surface area (Å²) in [5.41, 5.74) is -0.761. The van der Waals surface area contributed by atoms with E-state index in [1.165, 1.54) is 6.92 Å². The first-order chi connectivity index (χ1) is 9.78. The molecule has 1 aliphatic heterocycles. The lowest BCUT2D eigenvalue weighted by atomic mass is 9.85. The molecule has 1 aliphatic rings. The molecule has 0 aliphatic carbocycles. The van der Waals surface area contributed by atoms with E-state index in [1.807, 2.05) is 4.57 Å². The number of hydrogen-bond donors (Lipinski definition) is 2. The third kappa shape index (κ3) is 2.61. The summed E-state index contributed by atoms with van der Waals surface area (Å²) >= 11 is 0. The topological polar surface area (TPSA) is 88.8 Å². The van der Waals surface area contributed by atoms with Gasteiger partial charge in [0.15, 0.2) is 11.4 Å². The second-order valence-corrected chi connectivity index (χ2v) is 5.79. The van der Waals surface area contributed by atoms with E-state index in [-0.39, 0.29) is 12.4 Å². The summed E-state index contributed by atoms with van der Waals surface area (Å²) in [5, 5.41) is 20.0. The van der Waals surface area contributed by atoms with Gasteiger partial charge in [0.25, 0.3) is 0 Å². The minimum absolute atomic E-state index is 0.0284. The Balaban J connectivity index is 2.10. The molecule has 0 fully saturated rings. The Morgan fingerprint density at radius 1 is 1.48 bits per heavy atom. The van der Waals surface area contributed by atoms with Gasteiger partial charge in [0, 0.05) is 24.7 Å². The van der Waals surface area contributed by atoms with E-state index in [0.717, 1.165) is 0 Å². The molecule has 1 aromatic rings. The fourth-order valence-electron chi connectivity index (χ4n) is 2.65. The Hall–Kier alpha value is -1.66. The van der Waals surface area contributed by atoms with Crippen molar-refractivity contribution in [3.63, 3.8) is 0 Å². The first kappa shape index (κ1) is 15.7. The first-order valence-electron chi connectivity index (χ1n) is 7.07. The Kier molecular flexibility index (Phi) is 4.20. The number of ketones is 1. The third-order valence-corrected chi connectivity index (χ3v) is 4.09. The molecule has 6 heteroatoms. The monoisotopic (exact) mass is 295 g/mol. The Bertz CT molecular complexity index is 550. The van der Waals surface area contributed by atoms with Crippen LogP contribution in [-0.4, -0.2) is 38.2 Å². The van der Waals surface area contributed by atoms with E-state index in [1.54, 1.807) is 26.1 Å². The summed E-state index contributed by atoms with van der Waals surface area (Å²) in [6.07, 6.45) is 0.999. The highest BCUT2D eigenvalue weighted by Crippen LogP contribution is 2.25. The van der Waals surface area contributed by atoms with Gasteiger partial charge in [-0.05, 0) is 18.9 Å². The molecule has 0 radical (unpaired) electrons. The van der Waals surface area contributed by atoms with Gasteiger partial charge in [-0.1, -0.05) is 13.8 Å². The number of Topliss-reactive ketones (excluding diaryl/α,β-unsaturated/α-hetero) is 1. The largest absolute Gasteiger partial charge is 0.459 e. The number of ether oxygens (including phenoxy) is 1. The average molecular weight is 295 g/mol. The second-order valence-electron chi connectivity index (χ2n) is 5.79. The normalized spacial score (nSPS) is 18.5. The smallest absolute Gasteiger partial charge is 0.341 e. The summed E-state index contributed by atoms with van der Waals surface area (Å²) in [6, 6.07) is 1.73. The molecular weight excluding hydrogens is 274 g/mol. The number of esters is 1. The van der Waals surface area contributed by atoms with Crippen molar-refractivity contribution in [3.8, 4) is 0 Å². The lowest BCUT2D eigenvalue weighted by Gasteiger charge is -2.32. The molecule has 2 N–H and O–H groups in total. The van der Waals surface area contributed by atoms with Crippen molar-refractivity contribution in [1.82, 2.24) is 4.57 Å². The number of rotatable bonds is 5. The molecule has 0 bridgehead atoms. The van der Waals surface area contributed by atoms with Crippen LogP contribution in [0.1, 0.15) is 43.2 Å². The summed E-state index contributed by atoms with van der Waals surface area (Å²) in [6.45, 7) is 5.17. The molecule has 0 saturated heterocycles. The van der Waals surface area contributed by atoms with Gasteiger partial charge >= 0.3 is 5.97 Å². The first-order valence-corrected chi connectivity index (χ1v) is 7.07. The molecule has 0 amide bonds. The van der Waals surface area contributed by atoms with Crippen molar-refractivity contribution in [3.05, 3.63) is 23.5 Å². The predicted molar refractivity (Wildman–Crippen MR) is 74.6 cm³/mol. The van der Waals surface area contributed by atoms with E-state index in [4.69, 9.17) is 4.74 Å². The van der Waals surface area contributed by atoms with Crippen molar-refractivity contribution in [2.75, 3.05) is 0 Å². The third-order valence-electron chi connectivity index (χ3n) is 4.09. The number of carbonyl (C=O) groups excluding carboxylic acids is 2. The standard InChI is InChI=1S/C15H21NO5/c1-9(2)15(20,10(3)17)14(19)21-8-11-4-6-16-7-5-12(18)13(11)16/h4,6,9-10,17,20H,5,7-8H2,1-3H3. The van der Waals surface area contributed by atoms with Crippen LogP contribution in [0, 0.1) is 5.92 Å². The number of nitrogens with zero attached hydrogens (tertiary/aromatic N) is 1. The Morgan fingerprint density at radius 2 is 2.14 bits per heavy atom. The van der Waals surface area contributed by atoms with Gasteiger partial charge in [0.1, 0.15) is 6.61 Å². The van der Waals surface area contributed by atoms with Crippen LogP contribution < -0.4 is 0 Å². The molecule has 0 saturated carbocycles. The molecule has 6 nitrogen and oxygen atoms in total. The zero-order chi connectivity index (χ0) is 15.8. The number of fused-ring (bicyclic) bond motifs is 1. The SMILES string of the molecule is CC(C)C(O)(C(=O)OCc1ccn2c1C(=O)CC2)C(C)O. The summed E-state index contributed by atoms with van der Waals surface area (Å²) in [7, 11) is 0. The van der Waals surface area contributed by atoms with E-state index in [9.17, 15) is 19.8 Å². The number of hydrogen-bond acceptors (Lipinski definition) is 5. The average Bonchev–Trinajstić information content (AvgIpc) is 2.98. The number of aliphatic hydroxyl groups excluding tert-OH is 1. The Morgan fingerprint density at radius 3 is 2.71 bits per heavy atom. The van der Waals surface area contributed by atoms with E-state index in [2.05, 4.69) is 0 Å².